The highest BCUT2D eigenvalue weighted by Crippen LogP contribution is 2.51. The van der Waals surface area contributed by atoms with Crippen molar-refractivity contribution in [1.82, 2.24) is 25.3 Å². The summed E-state index contributed by atoms with van der Waals surface area (Å²) in [5.74, 6) is 1.57. The largest absolute Gasteiger partial charge is 0.496 e. The van der Waals surface area contributed by atoms with Crippen LogP contribution in [-0.4, -0.2) is 98.8 Å². The molecule has 7 atom stereocenters. The molecule has 3 saturated heterocycles. The number of nitriles is 1. The van der Waals surface area contributed by atoms with Crippen LogP contribution in [0.5, 0.6) is 5.75 Å². The first-order chi connectivity index (χ1) is 20.0. The summed E-state index contributed by atoms with van der Waals surface area (Å²) in [4.78, 5) is 7.50. The van der Waals surface area contributed by atoms with Crippen LogP contribution in [0.15, 0.2) is 30.9 Å². The average molecular weight is 563 g/mol. The summed E-state index contributed by atoms with van der Waals surface area (Å²) < 4.78 is 12.4. The minimum absolute atomic E-state index is 0.156. The molecule has 1 aromatic rings. The quantitative estimate of drug-likeness (QED) is 0.468. The summed E-state index contributed by atoms with van der Waals surface area (Å²) >= 11 is 0. The number of aryl methyl sites for hydroxylation is 1. The smallest absolute Gasteiger partial charge is 0.164 e. The molecule has 0 aromatic heterocycles. The van der Waals surface area contributed by atoms with E-state index >= 15 is 0 Å². The third kappa shape index (κ3) is 6.08. The van der Waals surface area contributed by atoms with Gasteiger partial charge in [0.25, 0.3) is 0 Å². The van der Waals surface area contributed by atoms with Crippen LogP contribution in [0.2, 0.25) is 0 Å². The van der Waals surface area contributed by atoms with Crippen LogP contribution >= 0.6 is 0 Å². The molecule has 3 aliphatic heterocycles. The number of likely N-dealkylation sites (N-methyl/N-ethyl adjacent to an activating group) is 1. The van der Waals surface area contributed by atoms with Gasteiger partial charge in [0.15, 0.2) is 6.35 Å². The van der Waals surface area contributed by atoms with Crippen molar-refractivity contribution in [2.75, 3.05) is 53.5 Å². The first kappa shape index (κ1) is 29.1. The molecule has 1 spiro atoms. The lowest BCUT2D eigenvalue weighted by Gasteiger charge is -2.56. The summed E-state index contributed by atoms with van der Waals surface area (Å²) in [6.07, 6.45) is 12.2. The van der Waals surface area contributed by atoms with E-state index in [4.69, 9.17) is 9.47 Å². The van der Waals surface area contributed by atoms with Crippen molar-refractivity contribution in [2.45, 2.75) is 88.4 Å². The minimum Gasteiger partial charge on any atom is -0.496 e. The summed E-state index contributed by atoms with van der Waals surface area (Å²) in [5, 5.41) is 17.5. The van der Waals surface area contributed by atoms with Gasteiger partial charge in [-0.15, -0.1) is 6.58 Å². The number of rotatable bonds is 8. The van der Waals surface area contributed by atoms with Crippen LogP contribution in [0.3, 0.4) is 0 Å². The molecule has 3 heterocycles. The van der Waals surface area contributed by atoms with Gasteiger partial charge in [0, 0.05) is 50.2 Å². The number of piperazine rings is 1. The van der Waals surface area contributed by atoms with Gasteiger partial charge >= 0.3 is 0 Å². The fourth-order valence-corrected chi connectivity index (χ4v) is 8.71. The number of hydrogen-bond acceptors (Lipinski definition) is 8. The molecule has 6 rings (SSSR count). The SMILES string of the molecule is C=CCN1CCN(C2NC(OCC3CCCN3C)NC3CC4(CCc5cccc(OC)c5C4)CCC32)CC1CC#N. The lowest BCUT2D eigenvalue weighted by atomic mass is 9.59. The molecule has 0 amide bonds. The highest BCUT2D eigenvalue weighted by molar-refractivity contribution is 5.43. The zero-order valence-electron chi connectivity index (χ0n) is 25.2. The maximum Gasteiger partial charge on any atom is 0.164 e. The molecule has 5 aliphatic rings. The lowest BCUT2D eigenvalue weighted by Crippen LogP contribution is -2.72. The number of nitrogens with zero attached hydrogens (tertiary/aromatic N) is 4. The minimum atomic E-state index is -0.156. The van der Waals surface area contributed by atoms with Crippen molar-refractivity contribution in [3.05, 3.63) is 42.0 Å². The maximum atomic E-state index is 9.59. The van der Waals surface area contributed by atoms with Gasteiger partial charge in [-0.25, -0.2) is 0 Å². The van der Waals surface area contributed by atoms with Crippen LogP contribution in [0.4, 0.5) is 0 Å². The number of benzene rings is 1. The van der Waals surface area contributed by atoms with Gasteiger partial charge in [0.05, 0.1) is 32.4 Å². The third-order valence-electron chi connectivity index (χ3n) is 11.0. The van der Waals surface area contributed by atoms with Crippen molar-refractivity contribution in [2.24, 2.45) is 11.3 Å². The second-order valence-corrected chi connectivity index (χ2v) is 13.4. The molecule has 4 fully saturated rings. The Morgan fingerprint density at radius 3 is 2.85 bits per heavy atom. The van der Waals surface area contributed by atoms with Crippen LogP contribution in [0.1, 0.15) is 56.1 Å². The van der Waals surface area contributed by atoms with Gasteiger partial charge in [-0.05, 0) is 87.6 Å². The predicted octanol–water partition coefficient (Wildman–Crippen LogP) is 3.34. The number of nitrogens with one attached hydrogen (secondary N) is 2. The highest BCUT2D eigenvalue weighted by Gasteiger charge is 2.50. The van der Waals surface area contributed by atoms with E-state index in [1.54, 1.807) is 0 Å². The van der Waals surface area contributed by atoms with Crippen molar-refractivity contribution in [3.63, 3.8) is 0 Å². The molecule has 1 aromatic carbocycles. The van der Waals surface area contributed by atoms with Crippen molar-refractivity contribution < 1.29 is 9.47 Å². The van der Waals surface area contributed by atoms with Gasteiger partial charge in [0.2, 0.25) is 0 Å². The molecule has 8 heteroatoms. The molecular formula is C33H50N6O2. The molecule has 2 aliphatic carbocycles. The predicted molar refractivity (Wildman–Crippen MR) is 161 cm³/mol. The zero-order chi connectivity index (χ0) is 28.4. The fraction of sp³-hybridized carbons (Fsp3) is 0.727. The fourth-order valence-electron chi connectivity index (χ4n) is 8.71. The number of ether oxygens (including phenoxy) is 2. The summed E-state index contributed by atoms with van der Waals surface area (Å²) in [6.45, 7) is 9.61. The molecule has 2 N–H and O–H groups in total. The van der Waals surface area contributed by atoms with Crippen LogP contribution < -0.4 is 15.4 Å². The Balaban J connectivity index is 1.21. The molecule has 0 bridgehead atoms. The Morgan fingerprint density at radius 1 is 1.17 bits per heavy atom. The van der Waals surface area contributed by atoms with Gasteiger partial charge in [0.1, 0.15) is 5.75 Å². The Morgan fingerprint density at radius 2 is 2.07 bits per heavy atom. The van der Waals surface area contributed by atoms with Crippen molar-refractivity contribution in [3.8, 4) is 11.8 Å². The molecule has 41 heavy (non-hydrogen) atoms. The Labute approximate surface area is 247 Å². The van der Waals surface area contributed by atoms with Gasteiger partial charge in [-0.2, -0.15) is 5.26 Å². The van der Waals surface area contributed by atoms with Crippen LogP contribution in [0.25, 0.3) is 0 Å². The van der Waals surface area contributed by atoms with Gasteiger partial charge in [-0.1, -0.05) is 18.2 Å². The molecular weight excluding hydrogens is 512 g/mol. The van der Waals surface area contributed by atoms with Gasteiger partial charge in [-0.3, -0.25) is 20.4 Å². The second kappa shape index (κ2) is 12.7. The zero-order valence-corrected chi connectivity index (χ0v) is 25.2. The second-order valence-electron chi connectivity index (χ2n) is 13.4. The van der Waals surface area contributed by atoms with E-state index in [1.807, 2.05) is 13.2 Å². The maximum absolute atomic E-state index is 9.59. The summed E-state index contributed by atoms with van der Waals surface area (Å²) in [6, 6.07) is 10.2. The van der Waals surface area contributed by atoms with Crippen molar-refractivity contribution in [1.29, 1.82) is 5.26 Å². The number of fused-ring (bicyclic) bond motifs is 2. The normalized spacial score (nSPS) is 36.4. The molecule has 8 nitrogen and oxygen atoms in total. The molecule has 1 saturated carbocycles. The molecule has 0 radical (unpaired) electrons. The van der Waals surface area contributed by atoms with E-state index in [0.29, 0.717) is 29.8 Å². The van der Waals surface area contributed by atoms with Crippen LogP contribution in [0, 0.1) is 22.7 Å². The highest BCUT2D eigenvalue weighted by atomic mass is 16.5. The topological polar surface area (TPSA) is 76.0 Å². The van der Waals surface area contributed by atoms with Crippen LogP contribution in [-0.2, 0) is 17.6 Å². The lowest BCUT2D eigenvalue weighted by molar-refractivity contribution is -0.116. The van der Waals surface area contributed by atoms with E-state index in [0.717, 1.165) is 57.9 Å². The standard InChI is InChI=1S/C33H50N6O2/c1-4-16-38-18-19-39(22-25(38)12-15-34)31-27-11-14-33(13-10-24-7-5-9-30(40-3)28(24)20-33)21-29(27)35-32(36-31)41-23-26-8-6-17-37(26)2/h4-5,7,9,25-27,29,31-32,35-36H,1,6,8,10-14,16-23H2,2-3H3. The third-order valence-corrected chi connectivity index (χ3v) is 11.0. The van der Waals surface area contributed by atoms with E-state index < -0.39 is 0 Å². The number of methoxy groups -OCH3 is 1. The first-order valence-electron chi connectivity index (χ1n) is 16.0. The van der Waals surface area contributed by atoms with E-state index in [-0.39, 0.29) is 18.6 Å². The average Bonchev–Trinajstić information content (AvgIpc) is 3.40. The first-order valence-corrected chi connectivity index (χ1v) is 16.0. The van der Waals surface area contributed by atoms with E-state index in [1.165, 1.54) is 49.7 Å². The number of likely N-dealkylation sites (tertiary alicyclic amines) is 1. The number of hydrogen-bond donors (Lipinski definition) is 2. The van der Waals surface area contributed by atoms with E-state index in [9.17, 15) is 5.26 Å². The molecule has 7 unspecified atom stereocenters. The Bertz CT molecular complexity index is 1090. The molecule has 224 valence electrons. The van der Waals surface area contributed by atoms with Gasteiger partial charge < -0.3 is 14.4 Å². The summed E-state index contributed by atoms with van der Waals surface area (Å²) in [7, 11) is 4.03. The van der Waals surface area contributed by atoms with E-state index in [2.05, 4.69) is 63.2 Å². The Kier molecular flexibility index (Phi) is 9.02. The summed E-state index contributed by atoms with van der Waals surface area (Å²) in [5.41, 5.74) is 3.20. The monoisotopic (exact) mass is 562 g/mol. The Hall–Kier alpha value is -1.99. The van der Waals surface area contributed by atoms with Crippen molar-refractivity contribution >= 4 is 0 Å².